The molecule has 7 heteroatoms. The number of benzene rings is 1. The first-order valence-corrected chi connectivity index (χ1v) is 8.91. The molecule has 2 heterocycles. The number of pyridine rings is 1. The summed E-state index contributed by atoms with van der Waals surface area (Å²) in [4.78, 5) is 20.7. The number of rotatable bonds is 4. The van der Waals surface area contributed by atoms with Crippen molar-refractivity contribution in [2.75, 3.05) is 42.9 Å². The molecule has 0 bridgehead atoms. The van der Waals surface area contributed by atoms with E-state index in [9.17, 15) is 4.79 Å². The fourth-order valence-electron chi connectivity index (χ4n) is 2.67. The molecule has 24 heavy (non-hydrogen) atoms. The molecule has 1 N–H and O–H groups in total. The van der Waals surface area contributed by atoms with Gasteiger partial charge in [-0.15, -0.1) is 0 Å². The van der Waals surface area contributed by atoms with Crippen LogP contribution >= 0.6 is 27.5 Å². The third kappa shape index (κ3) is 4.69. The van der Waals surface area contributed by atoms with Gasteiger partial charge in [0, 0.05) is 47.6 Å². The third-order valence-electron chi connectivity index (χ3n) is 3.91. The Labute approximate surface area is 154 Å². The monoisotopic (exact) mass is 408 g/mol. The Morgan fingerprint density at radius 3 is 2.67 bits per heavy atom. The highest BCUT2D eigenvalue weighted by Gasteiger charge is 2.19. The van der Waals surface area contributed by atoms with Crippen LogP contribution in [0.1, 0.15) is 0 Å². The lowest BCUT2D eigenvalue weighted by molar-refractivity contribution is -0.117. The van der Waals surface area contributed by atoms with Crippen LogP contribution in [0.2, 0.25) is 5.02 Å². The molecule has 5 nitrogen and oxygen atoms in total. The van der Waals surface area contributed by atoms with Crippen molar-refractivity contribution in [3.8, 4) is 0 Å². The van der Waals surface area contributed by atoms with E-state index in [2.05, 4.69) is 42.1 Å². The number of piperazine rings is 1. The second kappa shape index (κ2) is 7.96. The minimum absolute atomic E-state index is 0.0407. The first-order valence-electron chi connectivity index (χ1n) is 7.74. The highest BCUT2D eigenvalue weighted by atomic mass is 79.9. The van der Waals surface area contributed by atoms with Gasteiger partial charge in [-0.25, -0.2) is 4.98 Å². The van der Waals surface area contributed by atoms with Crippen LogP contribution in [-0.4, -0.2) is 48.5 Å². The molecule has 1 amide bonds. The molecular weight excluding hydrogens is 392 g/mol. The van der Waals surface area contributed by atoms with Gasteiger partial charge in [-0.05, 0) is 46.3 Å². The van der Waals surface area contributed by atoms with Gasteiger partial charge in [-0.3, -0.25) is 9.69 Å². The molecule has 1 aromatic carbocycles. The van der Waals surface area contributed by atoms with Crippen LogP contribution in [0.15, 0.2) is 47.1 Å². The summed E-state index contributed by atoms with van der Waals surface area (Å²) in [7, 11) is 0. The summed E-state index contributed by atoms with van der Waals surface area (Å²) in [6.45, 7) is 3.82. The molecule has 1 aliphatic heterocycles. The molecule has 1 fully saturated rings. The van der Waals surface area contributed by atoms with Gasteiger partial charge in [0.25, 0.3) is 0 Å². The maximum Gasteiger partial charge on any atom is 0.239 e. The average Bonchev–Trinajstić information content (AvgIpc) is 2.58. The maximum absolute atomic E-state index is 12.1. The van der Waals surface area contributed by atoms with Crippen LogP contribution in [0.3, 0.4) is 0 Å². The third-order valence-corrected chi connectivity index (χ3v) is 4.61. The van der Waals surface area contributed by atoms with E-state index in [1.54, 1.807) is 12.3 Å². The molecule has 3 rings (SSSR count). The van der Waals surface area contributed by atoms with Crippen molar-refractivity contribution in [2.24, 2.45) is 0 Å². The van der Waals surface area contributed by atoms with Crippen molar-refractivity contribution in [3.05, 3.63) is 52.1 Å². The van der Waals surface area contributed by atoms with Gasteiger partial charge in [0.2, 0.25) is 5.91 Å². The number of hydrogen-bond acceptors (Lipinski definition) is 4. The fraction of sp³-hybridized carbons (Fsp3) is 0.294. The Morgan fingerprint density at radius 2 is 2.00 bits per heavy atom. The number of amides is 1. The number of aromatic nitrogens is 1. The summed E-state index contributed by atoms with van der Waals surface area (Å²) in [5, 5.41) is 3.57. The highest BCUT2D eigenvalue weighted by Crippen LogP contribution is 2.20. The van der Waals surface area contributed by atoms with Crippen LogP contribution < -0.4 is 10.2 Å². The van der Waals surface area contributed by atoms with Crippen molar-refractivity contribution >= 4 is 44.9 Å². The number of nitrogens with zero attached hydrogens (tertiary/aromatic N) is 3. The SMILES string of the molecule is O=C(CN1CCN(c2cccc(Cl)c2)CC1)Nc1ccc(Br)cn1. The number of nitrogens with one attached hydrogen (secondary N) is 1. The predicted molar refractivity (Wildman–Crippen MR) is 101 cm³/mol. The maximum atomic E-state index is 12.1. The molecule has 1 aromatic heterocycles. The quantitative estimate of drug-likeness (QED) is 0.842. The smallest absolute Gasteiger partial charge is 0.239 e. The lowest BCUT2D eigenvalue weighted by Gasteiger charge is -2.35. The first kappa shape index (κ1) is 17.2. The molecule has 1 saturated heterocycles. The van der Waals surface area contributed by atoms with Crippen molar-refractivity contribution < 1.29 is 4.79 Å². The molecule has 0 atom stereocenters. The zero-order valence-corrected chi connectivity index (χ0v) is 15.4. The van der Waals surface area contributed by atoms with E-state index in [1.165, 1.54) is 0 Å². The molecule has 0 aliphatic carbocycles. The van der Waals surface area contributed by atoms with E-state index < -0.39 is 0 Å². The topological polar surface area (TPSA) is 48.5 Å². The van der Waals surface area contributed by atoms with Gasteiger partial charge in [-0.2, -0.15) is 0 Å². The summed E-state index contributed by atoms with van der Waals surface area (Å²) in [6, 6.07) is 11.5. The lowest BCUT2D eigenvalue weighted by Crippen LogP contribution is -2.48. The summed E-state index contributed by atoms with van der Waals surface area (Å²) >= 11 is 9.37. The Bertz CT molecular complexity index is 702. The fourth-order valence-corrected chi connectivity index (χ4v) is 3.09. The molecule has 126 valence electrons. The van der Waals surface area contributed by atoms with Gasteiger partial charge >= 0.3 is 0 Å². The predicted octanol–water partition coefficient (Wildman–Crippen LogP) is 3.26. The van der Waals surface area contributed by atoms with Crippen LogP contribution in [0, 0.1) is 0 Å². The van der Waals surface area contributed by atoms with E-state index in [1.807, 2.05) is 24.3 Å². The van der Waals surface area contributed by atoms with Gasteiger partial charge in [0.05, 0.1) is 6.54 Å². The van der Waals surface area contributed by atoms with Gasteiger partial charge in [0.15, 0.2) is 0 Å². The first-order chi connectivity index (χ1) is 11.6. The highest BCUT2D eigenvalue weighted by molar-refractivity contribution is 9.10. The van der Waals surface area contributed by atoms with Crippen molar-refractivity contribution in [1.29, 1.82) is 0 Å². The summed E-state index contributed by atoms with van der Waals surface area (Å²) in [5.74, 6) is 0.529. The Hall–Kier alpha value is -1.63. The van der Waals surface area contributed by atoms with Gasteiger partial charge in [-0.1, -0.05) is 17.7 Å². The van der Waals surface area contributed by atoms with Crippen molar-refractivity contribution in [1.82, 2.24) is 9.88 Å². The van der Waals surface area contributed by atoms with Crippen LogP contribution in [0.4, 0.5) is 11.5 Å². The van der Waals surface area contributed by atoms with Crippen LogP contribution in [0.5, 0.6) is 0 Å². The van der Waals surface area contributed by atoms with E-state index in [-0.39, 0.29) is 5.91 Å². The van der Waals surface area contributed by atoms with Crippen LogP contribution in [0.25, 0.3) is 0 Å². The van der Waals surface area contributed by atoms with Crippen LogP contribution in [-0.2, 0) is 4.79 Å². The Balaban J connectivity index is 1.48. The Kier molecular flexibility index (Phi) is 5.71. The largest absolute Gasteiger partial charge is 0.369 e. The molecule has 2 aromatic rings. The molecule has 1 aliphatic rings. The molecular formula is C17H18BrClN4O. The lowest BCUT2D eigenvalue weighted by atomic mass is 10.2. The van der Waals surface area contributed by atoms with E-state index in [0.29, 0.717) is 12.4 Å². The van der Waals surface area contributed by atoms with E-state index >= 15 is 0 Å². The number of carbonyl (C=O) groups is 1. The number of halogens is 2. The van der Waals surface area contributed by atoms with Gasteiger partial charge in [0.1, 0.15) is 5.82 Å². The zero-order chi connectivity index (χ0) is 16.9. The van der Waals surface area contributed by atoms with Crippen molar-refractivity contribution in [2.45, 2.75) is 0 Å². The summed E-state index contributed by atoms with van der Waals surface area (Å²) in [5.41, 5.74) is 1.13. The van der Waals surface area contributed by atoms with Gasteiger partial charge < -0.3 is 10.2 Å². The second-order valence-corrected chi connectivity index (χ2v) is 7.01. The summed E-state index contributed by atoms with van der Waals surface area (Å²) in [6.07, 6.45) is 1.67. The minimum Gasteiger partial charge on any atom is -0.369 e. The number of anilines is 2. The molecule has 0 unspecified atom stereocenters. The standard InChI is InChI=1S/C17H18BrClN4O/c18-13-4-5-16(20-11-13)21-17(24)12-22-6-8-23(9-7-22)15-3-1-2-14(19)10-15/h1-5,10-11H,6-9,12H2,(H,20,21,24). The second-order valence-electron chi connectivity index (χ2n) is 5.65. The van der Waals surface area contributed by atoms with Crippen molar-refractivity contribution in [3.63, 3.8) is 0 Å². The van der Waals surface area contributed by atoms with E-state index in [0.717, 1.165) is 41.4 Å². The number of hydrogen-bond donors (Lipinski definition) is 1. The molecule has 0 spiro atoms. The number of carbonyl (C=O) groups excluding carboxylic acids is 1. The molecule has 0 saturated carbocycles. The minimum atomic E-state index is -0.0407. The normalized spacial score (nSPS) is 15.3. The van der Waals surface area contributed by atoms with E-state index in [4.69, 9.17) is 11.6 Å². The average molecular weight is 410 g/mol. The molecule has 0 radical (unpaired) electrons. The Morgan fingerprint density at radius 1 is 1.21 bits per heavy atom. The summed E-state index contributed by atoms with van der Waals surface area (Å²) < 4.78 is 0.887. The zero-order valence-electron chi connectivity index (χ0n) is 13.1.